The van der Waals surface area contributed by atoms with Gasteiger partial charge in [-0.1, -0.05) is 0 Å². The summed E-state index contributed by atoms with van der Waals surface area (Å²) < 4.78 is 0. The van der Waals surface area contributed by atoms with E-state index in [1.807, 2.05) is 26.0 Å². The highest BCUT2D eigenvalue weighted by Crippen LogP contribution is 2.23. The molecule has 162 valence electrons. The smallest absolute Gasteiger partial charge is 0.141 e. The average molecular weight is 420 g/mol. The van der Waals surface area contributed by atoms with Gasteiger partial charge < -0.3 is 10.0 Å². The van der Waals surface area contributed by atoms with E-state index in [-0.39, 0.29) is 11.7 Å². The molecule has 7 nitrogen and oxygen atoms in total. The van der Waals surface area contributed by atoms with E-state index in [1.54, 1.807) is 31.0 Å². The van der Waals surface area contributed by atoms with Gasteiger partial charge >= 0.3 is 0 Å². The van der Waals surface area contributed by atoms with Crippen LogP contribution < -0.4 is 0 Å². The molecule has 3 aromatic rings. The van der Waals surface area contributed by atoms with Crippen molar-refractivity contribution in [2.45, 2.75) is 45.1 Å². The molecule has 0 spiro atoms. The molecule has 1 N–H and O–H groups in total. The first-order valence-electron chi connectivity index (χ1n) is 10.9. The lowest BCUT2D eigenvalue weighted by molar-refractivity contribution is -0.122. The molecular weight excluding hydrogens is 390 g/mol. The number of pyridine rings is 2. The van der Waals surface area contributed by atoms with Gasteiger partial charge in [0.2, 0.25) is 0 Å². The normalized spacial score (nSPS) is 18.1. The number of rotatable bonds is 6. The van der Waals surface area contributed by atoms with Crippen molar-refractivity contribution in [2.24, 2.45) is 5.92 Å². The van der Waals surface area contributed by atoms with Crippen molar-refractivity contribution in [1.29, 1.82) is 0 Å². The Morgan fingerprint density at radius 1 is 1.03 bits per heavy atom. The topological polar surface area (TPSA) is 92.1 Å². The van der Waals surface area contributed by atoms with E-state index in [4.69, 9.17) is 0 Å². The summed E-state index contributed by atoms with van der Waals surface area (Å²) >= 11 is 0. The molecule has 31 heavy (non-hydrogen) atoms. The van der Waals surface area contributed by atoms with Crippen molar-refractivity contribution in [3.05, 3.63) is 48.8 Å². The second-order valence-electron chi connectivity index (χ2n) is 9.04. The number of nitrogens with zero attached hydrogens (tertiary/aromatic N) is 5. The van der Waals surface area contributed by atoms with Crippen molar-refractivity contribution >= 4 is 16.6 Å². The number of aromatic nitrogens is 4. The highest BCUT2D eigenvalue weighted by atomic mass is 16.3. The molecule has 0 bridgehead atoms. The highest BCUT2D eigenvalue weighted by Gasteiger charge is 2.26. The lowest BCUT2D eigenvalue weighted by Crippen LogP contribution is -2.39. The van der Waals surface area contributed by atoms with Crippen molar-refractivity contribution in [3.8, 4) is 11.4 Å². The Balaban J connectivity index is 1.44. The summed E-state index contributed by atoms with van der Waals surface area (Å²) in [5.74, 6) is 0.303. The van der Waals surface area contributed by atoms with Gasteiger partial charge in [-0.3, -0.25) is 24.7 Å². The summed E-state index contributed by atoms with van der Waals surface area (Å²) in [6, 6.07) is 3.95. The largest absolute Gasteiger partial charge is 0.389 e. The number of hydrogen-bond donors (Lipinski definition) is 1. The fourth-order valence-electron chi connectivity index (χ4n) is 4.26. The van der Waals surface area contributed by atoms with Crippen LogP contribution in [0.15, 0.2) is 43.1 Å². The molecule has 1 saturated heterocycles. The summed E-state index contributed by atoms with van der Waals surface area (Å²) in [5.41, 5.74) is 1.54. The fraction of sp³-hybridized carbons (Fsp3) is 0.458. The zero-order valence-corrected chi connectivity index (χ0v) is 18.2. The number of fused-ring (bicyclic) bond motifs is 1. The number of ketones is 1. The minimum atomic E-state index is -0.710. The number of aliphatic hydroxyl groups is 1. The van der Waals surface area contributed by atoms with E-state index in [0.717, 1.165) is 54.5 Å². The van der Waals surface area contributed by atoms with E-state index in [2.05, 4.69) is 24.8 Å². The Hall–Kier alpha value is -2.77. The van der Waals surface area contributed by atoms with Gasteiger partial charge in [0, 0.05) is 54.8 Å². The average Bonchev–Trinajstić information content (AvgIpc) is 2.98. The molecule has 3 aromatic heterocycles. The lowest BCUT2D eigenvalue weighted by atomic mass is 9.92. The van der Waals surface area contributed by atoms with Gasteiger partial charge in [-0.25, -0.2) is 0 Å². The summed E-state index contributed by atoms with van der Waals surface area (Å²) in [4.78, 5) is 32.6. The van der Waals surface area contributed by atoms with E-state index in [0.29, 0.717) is 18.7 Å². The zero-order valence-electron chi connectivity index (χ0n) is 18.2. The van der Waals surface area contributed by atoms with Gasteiger partial charge in [0.15, 0.2) is 0 Å². The lowest BCUT2D eigenvalue weighted by Gasteiger charge is -2.27. The second kappa shape index (κ2) is 9.16. The number of hydrogen-bond acceptors (Lipinski definition) is 7. The van der Waals surface area contributed by atoms with Crippen molar-refractivity contribution < 1.29 is 9.90 Å². The maximum atomic E-state index is 13.0. The van der Waals surface area contributed by atoms with Gasteiger partial charge in [0.1, 0.15) is 11.5 Å². The molecule has 1 atom stereocenters. The Labute approximate surface area is 182 Å². The molecule has 0 aliphatic carbocycles. The third-order valence-electron chi connectivity index (χ3n) is 5.73. The predicted molar refractivity (Wildman–Crippen MR) is 119 cm³/mol. The summed E-state index contributed by atoms with van der Waals surface area (Å²) in [6.45, 7) is 6.08. The number of carbonyl (C=O) groups is 1. The first kappa shape index (κ1) is 21.5. The van der Waals surface area contributed by atoms with Crippen LogP contribution in [-0.2, 0) is 11.2 Å². The first-order valence-corrected chi connectivity index (χ1v) is 10.9. The van der Waals surface area contributed by atoms with Crippen LogP contribution in [0, 0.1) is 5.92 Å². The number of β-amino-alcohol motifs (C(OH)–C–C–N with tert-alkyl or cyclic N) is 1. The van der Waals surface area contributed by atoms with Crippen LogP contribution >= 0.6 is 0 Å². The number of carbonyl (C=O) groups excluding carboxylic acids is 1. The molecule has 1 aliphatic heterocycles. The monoisotopic (exact) mass is 419 g/mol. The van der Waals surface area contributed by atoms with Crippen molar-refractivity contribution in [1.82, 2.24) is 24.8 Å². The number of Topliss-reactive ketones (excluding diaryl/α,β-unsaturated/α-hetero) is 1. The van der Waals surface area contributed by atoms with Crippen LogP contribution in [-0.4, -0.2) is 61.0 Å². The van der Waals surface area contributed by atoms with E-state index in [1.165, 1.54) is 0 Å². The van der Waals surface area contributed by atoms with Gasteiger partial charge in [-0.05, 0) is 63.7 Å². The highest BCUT2D eigenvalue weighted by molar-refractivity contribution is 5.87. The Morgan fingerprint density at radius 2 is 1.87 bits per heavy atom. The van der Waals surface area contributed by atoms with Crippen LogP contribution in [0.4, 0.5) is 0 Å². The van der Waals surface area contributed by atoms with E-state index >= 15 is 0 Å². The first-order chi connectivity index (χ1) is 14.9. The predicted octanol–water partition coefficient (Wildman–Crippen LogP) is 3.07. The second-order valence-corrected chi connectivity index (χ2v) is 9.04. The van der Waals surface area contributed by atoms with Gasteiger partial charge in [-0.2, -0.15) is 0 Å². The van der Waals surface area contributed by atoms with Crippen LogP contribution in [0.2, 0.25) is 0 Å². The number of likely N-dealkylation sites (tertiary alicyclic amines) is 1. The minimum Gasteiger partial charge on any atom is -0.389 e. The van der Waals surface area contributed by atoms with Gasteiger partial charge in [0.25, 0.3) is 0 Å². The van der Waals surface area contributed by atoms with Crippen LogP contribution in [0.5, 0.6) is 0 Å². The van der Waals surface area contributed by atoms with Crippen molar-refractivity contribution in [2.75, 3.05) is 19.6 Å². The van der Waals surface area contributed by atoms with Crippen LogP contribution in [0.3, 0.4) is 0 Å². The third kappa shape index (κ3) is 5.68. The Kier molecular flexibility index (Phi) is 6.34. The third-order valence-corrected chi connectivity index (χ3v) is 5.73. The van der Waals surface area contributed by atoms with Crippen LogP contribution in [0.1, 0.15) is 38.8 Å². The van der Waals surface area contributed by atoms with Gasteiger partial charge in [-0.15, -0.1) is 0 Å². The molecule has 0 amide bonds. The summed E-state index contributed by atoms with van der Waals surface area (Å²) in [5, 5.41) is 12.0. The molecule has 0 aromatic carbocycles. The molecule has 4 heterocycles. The van der Waals surface area contributed by atoms with Gasteiger partial charge in [0.05, 0.1) is 17.5 Å². The molecular formula is C24H29N5O2. The zero-order chi connectivity index (χ0) is 21.8. The maximum Gasteiger partial charge on any atom is 0.141 e. The molecule has 0 saturated carbocycles. The van der Waals surface area contributed by atoms with E-state index < -0.39 is 5.60 Å². The maximum absolute atomic E-state index is 13.0. The SMILES string of the molecule is CC(C)(O)CN1CCCC(C(=O)Cc2cc3cc(-c4cnccn4)ncc3cn2)CC1. The van der Waals surface area contributed by atoms with Crippen molar-refractivity contribution in [3.63, 3.8) is 0 Å². The summed E-state index contributed by atoms with van der Waals surface area (Å²) in [6.07, 6.45) is 11.6. The minimum absolute atomic E-state index is 0.0527. The molecule has 1 aliphatic rings. The fourth-order valence-corrected chi connectivity index (χ4v) is 4.26. The molecule has 7 heteroatoms. The molecule has 0 radical (unpaired) electrons. The van der Waals surface area contributed by atoms with Crippen LogP contribution in [0.25, 0.3) is 22.2 Å². The standard InChI is InChI=1S/C24H29N5O2/c1-24(2,31)16-29-8-3-4-17(5-9-29)23(30)12-20-10-18-11-21(22-15-25-6-7-26-22)28-14-19(18)13-27-20/h6-7,10-11,13-15,17,31H,3-5,8-9,12,16H2,1-2H3. The quantitative estimate of drug-likeness (QED) is 0.656. The Bertz CT molecular complexity index is 1050. The molecule has 4 rings (SSSR count). The van der Waals surface area contributed by atoms with E-state index in [9.17, 15) is 9.90 Å². The molecule has 1 unspecified atom stereocenters. The summed E-state index contributed by atoms with van der Waals surface area (Å²) in [7, 11) is 0. The molecule has 1 fully saturated rings. The Morgan fingerprint density at radius 3 is 2.65 bits per heavy atom.